The molecule has 1 N–H and O–H groups in total. The second-order valence-electron chi connectivity index (χ2n) is 5.08. The fourth-order valence-corrected chi connectivity index (χ4v) is 2.80. The number of nitriles is 1. The topological polar surface area (TPSA) is 80.1 Å². The van der Waals surface area contributed by atoms with Crippen LogP contribution in [-0.4, -0.2) is 35.3 Å². The molecule has 2 aromatic rings. The average Bonchev–Trinajstić information content (AvgIpc) is 2.64. The van der Waals surface area contributed by atoms with Crippen LogP contribution in [0, 0.1) is 11.3 Å². The number of nitrogens with zero attached hydrogens (tertiary/aromatic N) is 3. The van der Waals surface area contributed by atoms with Crippen molar-refractivity contribution in [3.05, 3.63) is 46.2 Å². The van der Waals surface area contributed by atoms with Crippen LogP contribution in [0.3, 0.4) is 0 Å². The zero-order valence-electron chi connectivity index (χ0n) is 14.2. The fraction of sp³-hybridized carbons (Fsp3) is 0.353. The molecular formula is C17H18Cl2N4O2S. The highest BCUT2D eigenvalue weighted by atomic mass is 35.5. The number of anilines is 1. The quantitative estimate of drug-likeness (QED) is 0.357. The smallest absolute Gasteiger partial charge is 0.233 e. The zero-order valence-corrected chi connectivity index (χ0v) is 16.5. The Morgan fingerprint density at radius 2 is 2.19 bits per heavy atom. The minimum Gasteiger partial charge on any atom is -0.489 e. The molecule has 0 atom stereocenters. The summed E-state index contributed by atoms with van der Waals surface area (Å²) in [6.07, 6.45) is 4.20. The molecule has 26 heavy (non-hydrogen) atoms. The van der Waals surface area contributed by atoms with E-state index in [2.05, 4.69) is 20.8 Å². The summed E-state index contributed by atoms with van der Waals surface area (Å²) in [6, 6.07) is 7.44. The lowest BCUT2D eigenvalue weighted by atomic mass is 10.1. The molecule has 138 valence electrons. The molecule has 9 heteroatoms. The van der Waals surface area contributed by atoms with E-state index in [-0.39, 0.29) is 0 Å². The number of alkyl halides is 1. The lowest BCUT2D eigenvalue weighted by Crippen LogP contribution is -2.04. The molecule has 1 aromatic heterocycles. The van der Waals surface area contributed by atoms with Gasteiger partial charge in [0.1, 0.15) is 12.7 Å². The van der Waals surface area contributed by atoms with E-state index in [0.29, 0.717) is 54.4 Å². The monoisotopic (exact) mass is 412 g/mol. The van der Waals surface area contributed by atoms with Gasteiger partial charge < -0.3 is 9.47 Å². The first kappa shape index (κ1) is 20.6. The number of hydrogen-bond acceptors (Lipinski definition) is 7. The van der Waals surface area contributed by atoms with Crippen molar-refractivity contribution in [2.75, 3.05) is 30.1 Å². The normalized spacial score (nSPS) is 10.4. The number of nitrogens with one attached hydrogen (secondary N) is 1. The van der Waals surface area contributed by atoms with Crippen LogP contribution >= 0.6 is 35.1 Å². The molecule has 0 unspecified atom stereocenters. The predicted octanol–water partition coefficient (Wildman–Crippen LogP) is 4.07. The third-order valence-corrected chi connectivity index (χ3v) is 4.06. The average molecular weight is 413 g/mol. The van der Waals surface area contributed by atoms with Gasteiger partial charge in [-0.1, -0.05) is 23.5 Å². The van der Waals surface area contributed by atoms with E-state index in [1.165, 1.54) is 11.9 Å². The first-order valence-corrected chi connectivity index (χ1v) is 9.91. The minimum absolute atomic E-state index is 0.296. The largest absolute Gasteiger partial charge is 0.489 e. The molecule has 6 nitrogen and oxygen atoms in total. The van der Waals surface area contributed by atoms with Crippen molar-refractivity contribution >= 4 is 41.1 Å². The van der Waals surface area contributed by atoms with Crippen LogP contribution in [0.2, 0.25) is 5.02 Å². The van der Waals surface area contributed by atoms with Crippen LogP contribution in [0.15, 0.2) is 24.4 Å². The molecule has 0 fully saturated rings. The standard InChI is InChI=1S/C17H18Cl2N4O2S/c1-26-23-17-21-5-2-14(22-17)11-24-6-3-12-8-13(10-20)16(15(19)9-12)25-7-4-18/h2,5,8-9H,3-4,6-7,11H2,1H3,(H,21,22,23). The summed E-state index contributed by atoms with van der Waals surface area (Å²) in [5, 5.41) is 9.68. The van der Waals surface area contributed by atoms with Gasteiger partial charge in [-0.3, -0.25) is 4.72 Å². The summed E-state index contributed by atoms with van der Waals surface area (Å²) in [4.78, 5) is 8.43. The Labute approximate surface area is 167 Å². The number of halogens is 2. The van der Waals surface area contributed by atoms with Gasteiger partial charge in [0.05, 0.1) is 35.4 Å². The molecule has 0 spiro atoms. The molecule has 1 heterocycles. The van der Waals surface area contributed by atoms with E-state index in [4.69, 9.17) is 32.7 Å². The Morgan fingerprint density at radius 1 is 1.35 bits per heavy atom. The highest BCUT2D eigenvalue weighted by Crippen LogP contribution is 2.30. The van der Waals surface area contributed by atoms with Gasteiger partial charge in [-0.05, 0) is 30.2 Å². The Balaban J connectivity index is 1.90. The third kappa shape index (κ3) is 6.22. The van der Waals surface area contributed by atoms with Gasteiger partial charge in [-0.2, -0.15) is 5.26 Å². The third-order valence-electron chi connectivity index (χ3n) is 3.24. The van der Waals surface area contributed by atoms with E-state index in [1.54, 1.807) is 24.4 Å². The summed E-state index contributed by atoms with van der Waals surface area (Å²) < 4.78 is 14.1. The Morgan fingerprint density at radius 3 is 2.92 bits per heavy atom. The number of aromatic nitrogens is 2. The number of rotatable bonds is 10. The lowest BCUT2D eigenvalue weighted by Gasteiger charge is -2.11. The summed E-state index contributed by atoms with van der Waals surface area (Å²) >= 11 is 13.3. The molecule has 0 aliphatic rings. The summed E-state index contributed by atoms with van der Waals surface area (Å²) in [6.45, 7) is 1.14. The maximum atomic E-state index is 9.28. The summed E-state index contributed by atoms with van der Waals surface area (Å²) in [5.41, 5.74) is 2.08. The van der Waals surface area contributed by atoms with Crippen LogP contribution in [-0.2, 0) is 17.8 Å². The molecule has 0 bridgehead atoms. The van der Waals surface area contributed by atoms with Crippen molar-refractivity contribution in [1.29, 1.82) is 5.26 Å². The van der Waals surface area contributed by atoms with Crippen molar-refractivity contribution in [3.63, 3.8) is 0 Å². The molecule has 0 aliphatic carbocycles. The number of hydrogen-bond donors (Lipinski definition) is 1. The van der Waals surface area contributed by atoms with Crippen LogP contribution in [0.25, 0.3) is 0 Å². The highest BCUT2D eigenvalue weighted by molar-refractivity contribution is 7.99. The van der Waals surface area contributed by atoms with E-state index in [9.17, 15) is 5.26 Å². The van der Waals surface area contributed by atoms with E-state index in [0.717, 1.165) is 11.3 Å². The molecule has 1 aromatic carbocycles. The number of ether oxygens (including phenoxy) is 2. The molecular weight excluding hydrogens is 395 g/mol. The zero-order chi connectivity index (χ0) is 18.8. The van der Waals surface area contributed by atoms with E-state index >= 15 is 0 Å². The van der Waals surface area contributed by atoms with Gasteiger partial charge in [-0.15, -0.1) is 11.6 Å². The minimum atomic E-state index is 0.296. The first-order chi connectivity index (χ1) is 12.7. The Hall–Kier alpha value is -1.72. The highest BCUT2D eigenvalue weighted by Gasteiger charge is 2.11. The van der Waals surface area contributed by atoms with Gasteiger partial charge in [-0.25, -0.2) is 9.97 Å². The molecule has 0 radical (unpaired) electrons. The molecule has 0 saturated carbocycles. The van der Waals surface area contributed by atoms with Gasteiger partial charge in [0.2, 0.25) is 5.95 Å². The maximum Gasteiger partial charge on any atom is 0.233 e. The summed E-state index contributed by atoms with van der Waals surface area (Å²) in [5.74, 6) is 1.25. The molecule has 0 saturated heterocycles. The molecule has 0 aliphatic heterocycles. The summed E-state index contributed by atoms with van der Waals surface area (Å²) in [7, 11) is 0. The van der Waals surface area contributed by atoms with Crippen LogP contribution in [0.4, 0.5) is 5.95 Å². The van der Waals surface area contributed by atoms with Crippen LogP contribution in [0.5, 0.6) is 5.75 Å². The van der Waals surface area contributed by atoms with Crippen molar-refractivity contribution in [2.24, 2.45) is 0 Å². The first-order valence-electron chi connectivity index (χ1n) is 7.78. The van der Waals surface area contributed by atoms with Crippen molar-refractivity contribution in [2.45, 2.75) is 13.0 Å². The van der Waals surface area contributed by atoms with Gasteiger partial charge in [0.25, 0.3) is 0 Å². The Bertz CT molecular complexity index is 771. The van der Waals surface area contributed by atoms with Gasteiger partial charge in [0.15, 0.2) is 5.75 Å². The Kier molecular flexibility index (Phi) is 8.78. The van der Waals surface area contributed by atoms with Crippen molar-refractivity contribution in [3.8, 4) is 11.8 Å². The fourth-order valence-electron chi connectivity index (χ4n) is 2.15. The lowest BCUT2D eigenvalue weighted by molar-refractivity contribution is 0.121. The maximum absolute atomic E-state index is 9.28. The van der Waals surface area contributed by atoms with Crippen LogP contribution in [0.1, 0.15) is 16.8 Å². The molecule has 0 amide bonds. The van der Waals surface area contributed by atoms with Crippen molar-refractivity contribution < 1.29 is 9.47 Å². The van der Waals surface area contributed by atoms with Crippen LogP contribution < -0.4 is 9.46 Å². The van der Waals surface area contributed by atoms with Gasteiger partial charge in [0, 0.05) is 12.5 Å². The predicted molar refractivity (Wildman–Crippen MR) is 105 cm³/mol. The SMILES string of the molecule is CSNc1nccc(COCCc2cc(Cl)c(OCCCl)c(C#N)c2)n1. The second kappa shape index (κ2) is 11.1. The van der Waals surface area contributed by atoms with Crippen molar-refractivity contribution in [1.82, 2.24) is 9.97 Å². The molecule has 2 rings (SSSR count). The number of benzene rings is 1. The second-order valence-corrected chi connectivity index (χ2v) is 6.48. The van der Waals surface area contributed by atoms with E-state index in [1.807, 2.05) is 6.26 Å². The van der Waals surface area contributed by atoms with Gasteiger partial charge >= 0.3 is 0 Å². The van der Waals surface area contributed by atoms with E-state index < -0.39 is 0 Å².